The predicted octanol–water partition coefficient (Wildman–Crippen LogP) is 4.96. The molecule has 0 bridgehead atoms. The molecule has 1 fully saturated rings. The Kier molecular flexibility index (Phi) is 6.42. The number of aliphatic hydroxyl groups is 1. The Morgan fingerprint density at radius 3 is 2.54 bits per heavy atom. The van der Waals surface area contributed by atoms with E-state index < -0.39 is 5.60 Å². The van der Waals surface area contributed by atoms with Crippen LogP contribution in [0, 0.1) is 17.8 Å². The molecule has 0 amide bonds. The van der Waals surface area contributed by atoms with E-state index in [4.69, 9.17) is 4.74 Å². The first-order valence-electron chi connectivity index (χ1n) is 9.50. The van der Waals surface area contributed by atoms with Crippen LogP contribution in [0.4, 0.5) is 0 Å². The van der Waals surface area contributed by atoms with E-state index >= 15 is 0 Å². The van der Waals surface area contributed by atoms with E-state index in [0.717, 1.165) is 41.7 Å². The van der Waals surface area contributed by atoms with Gasteiger partial charge in [0.15, 0.2) is 0 Å². The fraction of sp³-hybridized carbons (Fsp3) is 0.565. The largest absolute Gasteiger partial charge is 0.508 e. The van der Waals surface area contributed by atoms with Crippen LogP contribution in [0.2, 0.25) is 0 Å². The molecule has 1 aromatic rings. The van der Waals surface area contributed by atoms with Crippen LogP contribution in [0.25, 0.3) is 0 Å². The lowest BCUT2D eigenvalue weighted by molar-refractivity contribution is -0.0824. The van der Waals surface area contributed by atoms with Crippen LogP contribution in [0.1, 0.15) is 70.9 Å². The standard InChI is InChI=1S/C19H26O3.C4H6/c1-5-6-12-9-14(20)17-15(10-12)22-18-16(17)13(11(2)3)7-8-19(18,4)21;1-3-4-2/h9-10,13,16,18,20-21H,2,5-8H2,1,3-4H3;1-2H3/t13-,16+,18-,19-;/m0./s1. The van der Waals surface area contributed by atoms with E-state index in [1.165, 1.54) is 0 Å². The van der Waals surface area contributed by atoms with Crippen molar-refractivity contribution in [2.75, 3.05) is 0 Å². The molecule has 3 nitrogen and oxygen atoms in total. The maximum absolute atomic E-state index is 10.7. The molecule has 0 spiro atoms. The summed E-state index contributed by atoms with van der Waals surface area (Å²) in [6.07, 6.45) is 3.21. The summed E-state index contributed by atoms with van der Waals surface area (Å²) in [4.78, 5) is 0. The maximum Gasteiger partial charge on any atom is 0.135 e. The number of phenolic OH excluding ortho intramolecular Hbond substituents is 1. The molecule has 2 N–H and O–H groups in total. The number of aryl methyl sites for hydroxylation is 1. The lowest BCUT2D eigenvalue weighted by atomic mass is 9.66. The van der Waals surface area contributed by atoms with Crippen LogP contribution in [0.15, 0.2) is 24.3 Å². The van der Waals surface area contributed by atoms with Gasteiger partial charge in [0.25, 0.3) is 0 Å². The highest BCUT2D eigenvalue weighted by molar-refractivity contribution is 5.54. The van der Waals surface area contributed by atoms with Gasteiger partial charge >= 0.3 is 0 Å². The first-order chi connectivity index (χ1) is 12.3. The van der Waals surface area contributed by atoms with Crippen molar-refractivity contribution in [2.24, 2.45) is 5.92 Å². The average Bonchev–Trinajstić information content (AvgIpc) is 2.96. The third-order valence-corrected chi connectivity index (χ3v) is 5.52. The molecule has 26 heavy (non-hydrogen) atoms. The molecule has 1 aliphatic carbocycles. The van der Waals surface area contributed by atoms with Crippen LogP contribution in [0.3, 0.4) is 0 Å². The van der Waals surface area contributed by atoms with Crippen molar-refractivity contribution >= 4 is 0 Å². The van der Waals surface area contributed by atoms with Gasteiger partial charge in [0.2, 0.25) is 0 Å². The smallest absolute Gasteiger partial charge is 0.135 e. The van der Waals surface area contributed by atoms with E-state index in [-0.39, 0.29) is 17.9 Å². The van der Waals surface area contributed by atoms with E-state index in [1.54, 1.807) is 0 Å². The minimum Gasteiger partial charge on any atom is -0.508 e. The SMILES string of the molecule is C=C(C)[C@@H]1CC[C@](C)(O)[C@H]2Oc3cc(CCC)cc(O)c3[C@@H]12.CC#CC. The second kappa shape index (κ2) is 8.18. The molecule has 1 heterocycles. The lowest BCUT2D eigenvalue weighted by Crippen LogP contribution is -2.50. The number of phenols is 1. The number of fused-ring (bicyclic) bond motifs is 3. The van der Waals surface area contributed by atoms with Gasteiger partial charge in [-0.3, -0.25) is 0 Å². The molecule has 3 rings (SSSR count). The van der Waals surface area contributed by atoms with Gasteiger partial charge in [-0.2, -0.15) is 0 Å². The normalized spacial score (nSPS) is 28.5. The van der Waals surface area contributed by atoms with Gasteiger partial charge in [-0.15, -0.1) is 11.8 Å². The summed E-state index contributed by atoms with van der Waals surface area (Å²) in [6, 6.07) is 3.88. The third kappa shape index (κ3) is 3.91. The summed E-state index contributed by atoms with van der Waals surface area (Å²) < 4.78 is 6.12. The third-order valence-electron chi connectivity index (χ3n) is 5.52. The van der Waals surface area contributed by atoms with Crippen molar-refractivity contribution in [3.05, 3.63) is 35.4 Å². The predicted molar refractivity (Wildman–Crippen MR) is 107 cm³/mol. The molecule has 1 saturated carbocycles. The number of ether oxygens (including phenoxy) is 1. The summed E-state index contributed by atoms with van der Waals surface area (Å²) in [7, 11) is 0. The topological polar surface area (TPSA) is 49.7 Å². The van der Waals surface area contributed by atoms with Gasteiger partial charge in [-0.25, -0.2) is 0 Å². The summed E-state index contributed by atoms with van der Waals surface area (Å²) in [5.74, 6) is 6.64. The Morgan fingerprint density at radius 2 is 2.00 bits per heavy atom. The monoisotopic (exact) mass is 356 g/mol. The molecule has 0 aromatic heterocycles. The molecule has 4 atom stereocenters. The Labute approximate surface area is 158 Å². The number of hydrogen-bond donors (Lipinski definition) is 2. The summed E-state index contributed by atoms with van der Waals surface area (Å²) in [5.41, 5.74) is 2.17. The van der Waals surface area contributed by atoms with Crippen molar-refractivity contribution in [3.8, 4) is 23.3 Å². The Balaban J connectivity index is 0.000000552. The summed E-state index contributed by atoms with van der Waals surface area (Å²) in [6.45, 7) is 13.7. The summed E-state index contributed by atoms with van der Waals surface area (Å²) >= 11 is 0. The second-order valence-corrected chi connectivity index (χ2v) is 7.69. The van der Waals surface area contributed by atoms with Crippen molar-refractivity contribution in [2.45, 2.75) is 77.9 Å². The molecule has 0 saturated heterocycles. The minimum absolute atomic E-state index is 0.00748. The Morgan fingerprint density at radius 1 is 1.35 bits per heavy atom. The fourth-order valence-electron chi connectivity index (χ4n) is 4.14. The first kappa shape index (κ1) is 20.4. The van der Waals surface area contributed by atoms with Gasteiger partial charge in [-0.1, -0.05) is 25.5 Å². The van der Waals surface area contributed by atoms with Gasteiger partial charge in [-0.05, 0) is 70.6 Å². The number of benzene rings is 1. The molecule has 0 unspecified atom stereocenters. The molecule has 1 aliphatic heterocycles. The zero-order valence-electron chi connectivity index (χ0n) is 16.7. The van der Waals surface area contributed by atoms with E-state index in [0.29, 0.717) is 12.2 Å². The minimum atomic E-state index is -0.868. The van der Waals surface area contributed by atoms with Crippen molar-refractivity contribution in [1.29, 1.82) is 0 Å². The zero-order chi connectivity index (χ0) is 19.5. The molecule has 142 valence electrons. The summed E-state index contributed by atoms with van der Waals surface area (Å²) in [5, 5.41) is 21.3. The van der Waals surface area contributed by atoms with Crippen LogP contribution >= 0.6 is 0 Å². The van der Waals surface area contributed by atoms with Gasteiger partial charge < -0.3 is 14.9 Å². The fourth-order valence-corrected chi connectivity index (χ4v) is 4.14. The molecular formula is C23H32O3. The number of rotatable bonds is 3. The Bertz CT molecular complexity index is 715. The zero-order valence-corrected chi connectivity index (χ0v) is 16.7. The van der Waals surface area contributed by atoms with E-state index in [9.17, 15) is 10.2 Å². The highest BCUT2D eigenvalue weighted by Gasteiger charge is 2.53. The highest BCUT2D eigenvalue weighted by Crippen LogP contribution is 2.56. The van der Waals surface area contributed by atoms with Gasteiger partial charge in [0.05, 0.1) is 5.60 Å². The number of aromatic hydroxyl groups is 1. The molecule has 1 aromatic carbocycles. The average molecular weight is 357 g/mol. The maximum atomic E-state index is 10.7. The van der Waals surface area contributed by atoms with Crippen molar-refractivity contribution in [3.63, 3.8) is 0 Å². The molecule has 3 heteroatoms. The molecule has 2 aliphatic rings. The quantitative estimate of drug-likeness (QED) is 0.595. The Hall–Kier alpha value is -1.92. The van der Waals surface area contributed by atoms with Crippen LogP contribution in [-0.2, 0) is 6.42 Å². The van der Waals surface area contributed by atoms with Crippen LogP contribution < -0.4 is 4.74 Å². The lowest BCUT2D eigenvalue weighted by Gasteiger charge is -2.42. The molecule has 0 radical (unpaired) electrons. The van der Waals surface area contributed by atoms with Crippen molar-refractivity contribution < 1.29 is 14.9 Å². The van der Waals surface area contributed by atoms with E-state index in [1.807, 2.05) is 39.8 Å². The van der Waals surface area contributed by atoms with Crippen LogP contribution in [0.5, 0.6) is 11.5 Å². The van der Waals surface area contributed by atoms with E-state index in [2.05, 4.69) is 25.3 Å². The molecular weight excluding hydrogens is 324 g/mol. The number of hydrogen-bond acceptors (Lipinski definition) is 3. The van der Waals surface area contributed by atoms with Gasteiger partial charge in [0.1, 0.15) is 17.6 Å². The van der Waals surface area contributed by atoms with Crippen LogP contribution in [-0.4, -0.2) is 21.9 Å². The van der Waals surface area contributed by atoms with Gasteiger partial charge in [0, 0.05) is 11.5 Å². The first-order valence-corrected chi connectivity index (χ1v) is 9.50. The second-order valence-electron chi connectivity index (χ2n) is 7.69. The number of allylic oxidation sites excluding steroid dienone is 1. The highest BCUT2D eigenvalue weighted by atomic mass is 16.5. The van der Waals surface area contributed by atoms with Crippen molar-refractivity contribution in [1.82, 2.24) is 0 Å².